The summed E-state index contributed by atoms with van der Waals surface area (Å²) >= 11 is 0. The standard InChI is InChI=1S/C27H28FNO2/c1-18-13-14-21(28)15-25(18)31-17-20-9-8-11-23-26(20)19(2)16-27(3,4)29(23)22-10-6-7-12-24(22)30-5/h6-16H,17H2,1-5H3. The molecule has 0 radical (unpaired) electrons. The van der Waals surface area contributed by atoms with Crippen molar-refractivity contribution in [1.29, 1.82) is 0 Å². The van der Waals surface area contributed by atoms with Gasteiger partial charge in [-0.05, 0) is 68.7 Å². The van der Waals surface area contributed by atoms with Crippen molar-refractivity contribution in [2.75, 3.05) is 12.0 Å². The molecule has 1 heterocycles. The highest BCUT2D eigenvalue weighted by Crippen LogP contribution is 2.47. The van der Waals surface area contributed by atoms with Gasteiger partial charge in [0, 0.05) is 17.3 Å². The number of fused-ring (bicyclic) bond motifs is 1. The fourth-order valence-corrected chi connectivity index (χ4v) is 4.47. The number of hydrogen-bond acceptors (Lipinski definition) is 3. The molecule has 0 aliphatic carbocycles. The molecule has 31 heavy (non-hydrogen) atoms. The van der Waals surface area contributed by atoms with Gasteiger partial charge in [0.15, 0.2) is 0 Å². The monoisotopic (exact) mass is 417 g/mol. The number of hydrogen-bond donors (Lipinski definition) is 0. The second-order valence-electron chi connectivity index (χ2n) is 8.50. The Labute approximate surface area is 183 Å². The normalized spacial score (nSPS) is 14.6. The van der Waals surface area contributed by atoms with Gasteiger partial charge in [-0.25, -0.2) is 4.39 Å². The molecule has 0 bridgehead atoms. The van der Waals surface area contributed by atoms with Crippen LogP contribution in [-0.4, -0.2) is 12.6 Å². The van der Waals surface area contributed by atoms with Crippen molar-refractivity contribution in [3.05, 3.63) is 89.2 Å². The first-order valence-electron chi connectivity index (χ1n) is 10.5. The summed E-state index contributed by atoms with van der Waals surface area (Å²) in [6.07, 6.45) is 2.28. The van der Waals surface area contributed by atoms with Crippen LogP contribution in [0.3, 0.4) is 0 Å². The Morgan fingerprint density at radius 1 is 0.903 bits per heavy atom. The van der Waals surface area contributed by atoms with Gasteiger partial charge in [-0.15, -0.1) is 0 Å². The summed E-state index contributed by atoms with van der Waals surface area (Å²) in [5.41, 5.74) is 6.18. The fourth-order valence-electron chi connectivity index (χ4n) is 4.47. The molecule has 0 unspecified atom stereocenters. The zero-order chi connectivity index (χ0) is 22.2. The van der Waals surface area contributed by atoms with E-state index in [1.54, 1.807) is 13.2 Å². The van der Waals surface area contributed by atoms with Crippen LogP contribution in [0.5, 0.6) is 11.5 Å². The molecule has 1 aliphatic heterocycles. The number of ether oxygens (including phenoxy) is 2. The van der Waals surface area contributed by atoms with Crippen molar-refractivity contribution < 1.29 is 13.9 Å². The van der Waals surface area contributed by atoms with E-state index in [1.807, 2.05) is 31.2 Å². The lowest BCUT2D eigenvalue weighted by Gasteiger charge is -2.44. The van der Waals surface area contributed by atoms with Crippen molar-refractivity contribution >= 4 is 16.9 Å². The van der Waals surface area contributed by atoms with Gasteiger partial charge in [0.25, 0.3) is 0 Å². The summed E-state index contributed by atoms with van der Waals surface area (Å²) in [7, 11) is 1.70. The van der Waals surface area contributed by atoms with E-state index in [2.05, 4.69) is 49.9 Å². The summed E-state index contributed by atoms with van der Waals surface area (Å²) in [4.78, 5) is 2.31. The molecule has 3 aromatic carbocycles. The van der Waals surface area contributed by atoms with E-state index in [1.165, 1.54) is 17.7 Å². The third-order valence-corrected chi connectivity index (χ3v) is 5.77. The lowest BCUT2D eigenvalue weighted by Crippen LogP contribution is -2.42. The van der Waals surface area contributed by atoms with Crippen LogP contribution in [0.2, 0.25) is 0 Å². The molecule has 3 aromatic rings. The van der Waals surface area contributed by atoms with Crippen LogP contribution in [-0.2, 0) is 6.61 Å². The number of benzene rings is 3. The van der Waals surface area contributed by atoms with Crippen LogP contribution in [0.25, 0.3) is 5.57 Å². The van der Waals surface area contributed by atoms with Crippen LogP contribution in [0.1, 0.15) is 37.5 Å². The second kappa shape index (κ2) is 8.10. The maximum Gasteiger partial charge on any atom is 0.142 e. The van der Waals surface area contributed by atoms with E-state index >= 15 is 0 Å². The Bertz CT molecular complexity index is 1150. The van der Waals surface area contributed by atoms with E-state index < -0.39 is 0 Å². The molecule has 0 N–H and O–H groups in total. The number of rotatable bonds is 5. The van der Waals surface area contributed by atoms with E-state index in [-0.39, 0.29) is 11.4 Å². The summed E-state index contributed by atoms with van der Waals surface area (Å²) in [5.74, 6) is 1.10. The van der Waals surface area contributed by atoms with Gasteiger partial charge in [-0.1, -0.05) is 36.4 Å². The number of aryl methyl sites for hydroxylation is 1. The zero-order valence-corrected chi connectivity index (χ0v) is 18.7. The predicted molar refractivity (Wildman–Crippen MR) is 125 cm³/mol. The fraction of sp³-hybridized carbons (Fsp3) is 0.259. The van der Waals surface area contributed by atoms with Crippen LogP contribution >= 0.6 is 0 Å². The molecule has 0 spiro atoms. The number of anilines is 2. The van der Waals surface area contributed by atoms with E-state index in [0.717, 1.165) is 33.8 Å². The first-order valence-corrected chi connectivity index (χ1v) is 10.5. The molecule has 0 amide bonds. The largest absolute Gasteiger partial charge is 0.495 e. The molecule has 0 fully saturated rings. The Balaban J connectivity index is 1.79. The van der Waals surface area contributed by atoms with Crippen LogP contribution in [0.15, 0.2) is 66.7 Å². The molecule has 0 atom stereocenters. The average Bonchev–Trinajstić information content (AvgIpc) is 2.73. The maximum absolute atomic E-state index is 13.7. The molecule has 0 saturated heterocycles. The molecular weight excluding hydrogens is 389 g/mol. The first kappa shape index (κ1) is 21.0. The van der Waals surface area contributed by atoms with E-state index in [0.29, 0.717) is 12.4 Å². The van der Waals surface area contributed by atoms with Crippen LogP contribution in [0, 0.1) is 12.7 Å². The highest BCUT2D eigenvalue weighted by atomic mass is 19.1. The molecule has 1 aliphatic rings. The van der Waals surface area contributed by atoms with Crippen molar-refractivity contribution in [3.63, 3.8) is 0 Å². The van der Waals surface area contributed by atoms with Crippen LogP contribution in [0.4, 0.5) is 15.8 Å². The number of nitrogens with zero attached hydrogens (tertiary/aromatic N) is 1. The lowest BCUT2D eigenvalue weighted by atomic mass is 9.86. The van der Waals surface area contributed by atoms with Crippen LogP contribution < -0.4 is 14.4 Å². The van der Waals surface area contributed by atoms with Gasteiger partial charge in [-0.2, -0.15) is 0 Å². The van der Waals surface area contributed by atoms with Gasteiger partial charge >= 0.3 is 0 Å². The van der Waals surface area contributed by atoms with Gasteiger partial charge in [0.1, 0.15) is 23.9 Å². The first-order chi connectivity index (χ1) is 14.8. The SMILES string of the molecule is COc1ccccc1N1c2cccc(COc3cc(F)ccc3C)c2C(C)=CC1(C)C. The molecule has 4 rings (SSSR count). The summed E-state index contributed by atoms with van der Waals surface area (Å²) < 4.78 is 25.4. The lowest BCUT2D eigenvalue weighted by molar-refractivity contribution is 0.302. The Hall–Kier alpha value is -3.27. The van der Waals surface area contributed by atoms with Crippen molar-refractivity contribution in [2.24, 2.45) is 0 Å². The molecule has 0 aromatic heterocycles. The topological polar surface area (TPSA) is 21.7 Å². The Morgan fingerprint density at radius 2 is 1.65 bits per heavy atom. The van der Waals surface area contributed by atoms with Gasteiger partial charge < -0.3 is 14.4 Å². The number of para-hydroxylation sites is 2. The summed E-state index contributed by atoms with van der Waals surface area (Å²) in [6.45, 7) is 8.82. The smallest absolute Gasteiger partial charge is 0.142 e. The molecule has 160 valence electrons. The van der Waals surface area contributed by atoms with Crippen molar-refractivity contribution in [1.82, 2.24) is 0 Å². The maximum atomic E-state index is 13.7. The van der Waals surface area contributed by atoms with Gasteiger partial charge in [0.2, 0.25) is 0 Å². The number of allylic oxidation sites excluding steroid dienone is 1. The Morgan fingerprint density at radius 3 is 2.42 bits per heavy atom. The Kier molecular flexibility index (Phi) is 5.48. The minimum absolute atomic E-state index is 0.246. The quantitative estimate of drug-likeness (QED) is 0.444. The highest BCUT2D eigenvalue weighted by Gasteiger charge is 2.34. The van der Waals surface area contributed by atoms with Crippen molar-refractivity contribution in [3.8, 4) is 11.5 Å². The minimum Gasteiger partial charge on any atom is -0.495 e. The highest BCUT2D eigenvalue weighted by molar-refractivity contribution is 5.88. The average molecular weight is 418 g/mol. The van der Waals surface area contributed by atoms with E-state index in [4.69, 9.17) is 9.47 Å². The summed E-state index contributed by atoms with van der Waals surface area (Å²) in [5, 5.41) is 0. The molecule has 4 heteroatoms. The zero-order valence-electron chi connectivity index (χ0n) is 18.7. The van der Waals surface area contributed by atoms with Gasteiger partial charge in [0.05, 0.1) is 18.3 Å². The number of methoxy groups -OCH3 is 1. The third-order valence-electron chi connectivity index (χ3n) is 5.77. The number of halogens is 1. The predicted octanol–water partition coefficient (Wildman–Crippen LogP) is 7.06. The van der Waals surface area contributed by atoms with E-state index in [9.17, 15) is 4.39 Å². The second-order valence-corrected chi connectivity index (χ2v) is 8.50. The minimum atomic E-state index is -0.295. The summed E-state index contributed by atoms with van der Waals surface area (Å²) in [6, 6.07) is 19.0. The molecule has 0 saturated carbocycles. The molecule has 3 nitrogen and oxygen atoms in total. The molecular formula is C27H28FNO2. The third kappa shape index (κ3) is 3.90. The van der Waals surface area contributed by atoms with Gasteiger partial charge in [-0.3, -0.25) is 0 Å². The van der Waals surface area contributed by atoms with Crippen molar-refractivity contribution in [2.45, 2.75) is 39.8 Å².